The molecule has 0 saturated heterocycles. The van der Waals surface area contributed by atoms with E-state index in [2.05, 4.69) is 11.3 Å². The molecule has 0 radical (unpaired) electrons. The van der Waals surface area contributed by atoms with Crippen LogP contribution in [0.3, 0.4) is 0 Å². The Labute approximate surface area is 99.8 Å². The lowest BCUT2D eigenvalue weighted by molar-refractivity contribution is -0.142. The van der Waals surface area contributed by atoms with E-state index in [1.807, 2.05) is 6.07 Å². The van der Waals surface area contributed by atoms with Crippen molar-refractivity contribution in [2.45, 2.75) is 6.92 Å². The van der Waals surface area contributed by atoms with Crippen LogP contribution in [-0.2, 0) is 14.3 Å². The predicted octanol–water partition coefficient (Wildman–Crippen LogP) is 1.96. The minimum atomic E-state index is -0.645. The maximum Gasteiger partial charge on any atom is 0.372 e. The van der Waals surface area contributed by atoms with Crippen LogP contribution in [0, 0.1) is 0 Å². The summed E-state index contributed by atoms with van der Waals surface area (Å²) >= 11 is 0. The highest BCUT2D eigenvalue weighted by Crippen LogP contribution is 2.03. The second kappa shape index (κ2) is 6.48. The lowest BCUT2D eigenvalue weighted by atomic mass is 10.1. The number of Topliss-reactive ketones (excluding diaryl/α,β-unsaturated/α-hetero) is 1. The third kappa shape index (κ3) is 4.10. The zero-order valence-electron chi connectivity index (χ0n) is 9.64. The number of rotatable bonds is 6. The number of ketones is 1. The fourth-order valence-electron chi connectivity index (χ4n) is 1.13. The van der Waals surface area contributed by atoms with Gasteiger partial charge in [0.25, 0.3) is 0 Å². The molecule has 1 aromatic carbocycles. The van der Waals surface area contributed by atoms with E-state index in [-0.39, 0.29) is 24.8 Å². The summed E-state index contributed by atoms with van der Waals surface area (Å²) < 4.78 is 9.62. The van der Waals surface area contributed by atoms with E-state index in [4.69, 9.17) is 4.74 Å². The molecular weight excluding hydrogens is 220 g/mol. The quantitative estimate of drug-likeness (QED) is 0.327. The van der Waals surface area contributed by atoms with E-state index in [1.54, 1.807) is 31.2 Å². The van der Waals surface area contributed by atoms with Crippen LogP contribution in [0.2, 0.25) is 0 Å². The van der Waals surface area contributed by atoms with E-state index in [9.17, 15) is 9.59 Å². The van der Waals surface area contributed by atoms with Gasteiger partial charge in [0.2, 0.25) is 0 Å². The Balaban J connectivity index is 2.44. The number of hydrogen-bond donors (Lipinski definition) is 0. The topological polar surface area (TPSA) is 52.6 Å². The molecule has 0 amide bonds. The van der Waals surface area contributed by atoms with Gasteiger partial charge in [-0.2, -0.15) is 0 Å². The van der Waals surface area contributed by atoms with Gasteiger partial charge in [-0.1, -0.05) is 30.3 Å². The zero-order valence-corrected chi connectivity index (χ0v) is 9.64. The monoisotopic (exact) mass is 234 g/mol. The molecule has 4 heteroatoms. The number of esters is 1. The first-order valence-electron chi connectivity index (χ1n) is 5.22. The molecule has 17 heavy (non-hydrogen) atoms. The van der Waals surface area contributed by atoms with Crippen LogP contribution in [-0.4, -0.2) is 25.0 Å². The fraction of sp³-hybridized carbons (Fsp3) is 0.231. The Hall–Kier alpha value is -2.10. The molecule has 1 aromatic rings. The summed E-state index contributed by atoms with van der Waals surface area (Å²) in [5, 5.41) is 0. The van der Waals surface area contributed by atoms with Crippen molar-refractivity contribution in [3.63, 3.8) is 0 Å². The van der Waals surface area contributed by atoms with Crippen molar-refractivity contribution in [2.24, 2.45) is 0 Å². The van der Waals surface area contributed by atoms with Crippen molar-refractivity contribution in [1.29, 1.82) is 0 Å². The van der Waals surface area contributed by atoms with Crippen molar-refractivity contribution in [3.05, 3.63) is 48.2 Å². The van der Waals surface area contributed by atoms with Crippen molar-refractivity contribution in [2.75, 3.05) is 13.2 Å². The van der Waals surface area contributed by atoms with E-state index in [1.165, 1.54) is 0 Å². The average molecular weight is 234 g/mol. The fourth-order valence-corrected chi connectivity index (χ4v) is 1.13. The molecule has 0 heterocycles. The van der Waals surface area contributed by atoms with Crippen LogP contribution in [0.5, 0.6) is 0 Å². The molecule has 0 atom stereocenters. The van der Waals surface area contributed by atoms with Crippen LogP contribution in [0.15, 0.2) is 42.7 Å². The van der Waals surface area contributed by atoms with Gasteiger partial charge >= 0.3 is 5.97 Å². The molecule has 0 bridgehead atoms. The Bertz CT molecular complexity index is 409. The standard InChI is InChI=1S/C13H14O4/c1-3-16-13(15)10(2)17-9-12(14)11-7-5-4-6-8-11/h4-8H,2-3,9H2,1H3. The Morgan fingerprint density at radius 3 is 2.41 bits per heavy atom. The van der Waals surface area contributed by atoms with Crippen molar-refractivity contribution < 1.29 is 19.1 Å². The zero-order chi connectivity index (χ0) is 12.7. The van der Waals surface area contributed by atoms with Crippen LogP contribution in [0.1, 0.15) is 17.3 Å². The molecule has 0 spiro atoms. The van der Waals surface area contributed by atoms with Gasteiger partial charge in [-0.15, -0.1) is 0 Å². The van der Waals surface area contributed by atoms with Crippen molar-refractivity contribution >= 4 is 11.8 Å². The van der Waals surface area contributed by atoms with Gasteiger partial charge in [-0.05, 0) is 13.5 Å². The summed E-state index contributed by atoms with van der Waals surface area (Å²) in [4.78, 5) is 22.7. The van der Waals surface area contributed by atoms with Crippen LogP contribution < -0.4 is 0 Å². The molecular formula is C13H14O4. The molecule has 0 aliphatic heterocycles. The molecule has 1 rings (SSSR count). The Kier molecular flexibility index (Phi) is 4.94. The van der Waals surface area contributed by atoms with Crippen LogP contribution >= 0.6 is 0 Å². The maximum atomic E-state index is 11.6. The molecule has 4 nitrogen and oxygen atoms in total. The summed E-state index contributed by atoms with van der Waals surface area (Å²) in [6.45, 7) is 5.09. The molecule has 0 fully saturated rings. The summed E-state index contributed by atoms with van der Waals surface area (Å²) in [5.74, 6) is -1.01. The smallest absolute Gasteiger partial charge is 0.372 e. The minimum absolute atomic E-state index is 0.156. The molecule has 0 aliphatic carbocycles. The van der Waals surface area contributed by atoms with Gasteiger partial charge in [0, 0.05) is 5.56 Å². The average Bonchev–Trinajstić information content (AvgIpc) is 2.36. The highest BCUT2D eigenvalue weighted by molar-refractivity contribution is 5.97. The van der Waals surface area contributed by atoms with E-state index in [0.29, 0.717) is 5.56 Å². The second-order valence-electron chi connectivity index (χ2n) is 3.22. The number of benzene rings is 1. The van der Waals surface area contributed by atoms with Gasteiger partial charge in [0.15, 0.2) is 18.1 Å². The van der Waals surface area contributed by atoms with E-state index in [0.717, 1.165) is 0 Å². The number of hydrogen-bond acceptors (Lipinski definition) is 4. The number of carbonyl (C=O) groups excluding carboxylic acids is 2. The largest absolute Gasteiger partial charge is 0.479 e. The Morgan fingerprint density at radius 2 is 1.82 bits per heavy atom. The van der Waals surface area contributed by atoms with Gasteiger partial charge in [0.1, 0.15) is 0 Å². The van der Waals surface area contributed by atoms with Crippen molar-refractivity contribution in [1.82, 2.24) is 0 Å². The van der Waals surface area contributed by atoms with Gasteiger partial charge in [-0.3, -0.25) is 4.79 Å². The highest BCUT2D eigenvalue weighted by atomic mass is 16.6. The highest BCUT2D eigenvalue weighted by Gasteiger charge is 2.12. The minimum Gasteiger partial charge on any atom is -0.479 e. The normalized spacial score (nSPS) is 9.47. The third-order valence-corrected chi connectivity index (χ3v) is 1.98. The first-order chi connectivity index (χ1) is 8.15. The van der Waals surface area contributed by atoms with Crippen molar-refractivity contribution in [3.8, 4) is 0 Å². The van der Waals surface area contributed by atoms with Crippen LogP contribution in [0.4, 0.5) is 0 Å². The lowest BCUT2D eigenvalue weighted by Gasteiger charge is -2.07. The number of carbonyl (C=O) groups is 2. The molecule has 90 valence electrons. The second-order valence-corrected chi connectivity index (χ2v) is 3.22. The molecule has 0 aliphatic rings. The SMILES string of the molecule is C=C(OCC(=O)c1ccccc1)C(=O)OCC. The van der Waals surface area contributed by atoms with Gasteiger partial charge in [0.05, 0.1) is 6.61 Å². The molecule has 0 saturated carbocycles. The molecule has 0 unspecified atom stereocenters. The third-order valence-electron chi connectivity index (χ3n) is 1.98. The predicted molar refractivity (Wildman–Crippen MR) is 62.5 cm³/mol. The van der Waals surface area contributed by atoms with Gasteiger partial charge in [-0.25, -0.2) is 4.79 Å². The number of ether oxygens (including phenoxy) is 2. The van der Waals surface area contributed by atoms with Gasteiger partial charge < -0.3 is 9.47 Å². The lowest BCUT2D eigenvalue weighted by Crippen LogP contribution is -2.14. The summed E-state index contributed by atoms with van der Waals surface area (Å²) in [6, 6.07) is 8.69. The van der Waals surface area contributed by atoms with Crippen LogP contribution in [0.25, 0.3) is 0 Å². The molecule has 0 N–H and O–H groups in total. The van der Waals surface area contributed by atoms with E-state index >= 15 is 0 Å². The summed E-state index contributed by atoms with van der Waals surface area (Å²) in [6.07, 6.45) is 0. The first kappa shape index (κ1) is 13.0. The maximum absolute atomic E-state index is 11.6. The molecule has 0 aromatic heterocycles. The summed E-state index contributed by atoms with van der Waals surface area (Å²) in [7, 11) is 0. The summed E-state index contributed by atoms with van der Waals surface area (Å²) in [5.41, 5.74) is 0.532. The first-order valence-corrected chi connectivity index (χ1v) is 5.22. The van der Waals surface area contributed by atoms with E-state index < -0.39 is 5.97 Å². The Morgan fingerprint density at radius 1 is 1.18 bits per heavy atom.